The number of nitrogens with zero attached hydrogens (tertiary/aromatic N) is 1. The van der Waals surface area contributed by atoms with Crippen molar-refractivity contribution < 1.29 is 9.90 Å². The quantitative estimate of drug-likeness (QED) is 0.690. The maximum Gasteiger partial charge on any atom is 0.293 e. The van der Waals surface area contributed by atoms with E-state index in [2.05, 4.69) is 5.32 Å². The maximum atomic E-state index is 11.3. The number of hydrogen-bond donors (Lipinski definition) is 2. The summed E-state index contributed by atoms with van der Waals surface area (Å²) in [5.74, 6) is -0.955. The molecule has 2 N–H and O–H groups in total. The minimum atomic E-state index is -0.575. The topological polar surface area (TPSA) is 71.3 Å². The molecular weight excluding hydrogens is 184 g/mol. The Morgan fingerprint density at radius 1 is 1.64 bits per heavy atom. The van der Waals surface area contributed by atoms with Crippen molar-refractivity contribution in [3.63, 3.8) is 0 Å². The molecule has 0 atom stereocenters. The van der Waals surface area contributed by atoms with Crippen LogP contribution in [-0.2, 0) is 7.05 Å². The first-order valence-electron chi connectivity index (χ1n) is 4.24. The van der Waals surface area contributed by atoms with Crippen LogP contribution >= 0.6 is 0 Å². The highest BCUT2D eigenvalue weighted by Gasteiger charge is 2.13. The zero-order valence-electron chi connectivity index (χ0n) is 8.07. The molecule has 14 heavy (non-hydrogen) atoms. The molecule has 5 nitrogen and oxygen atoms in total. The first-order valence-corrected chi connectivity index (χ1v) is 4.24. The number of aryl methyl sites for hydroxylation is 1. The van der Waals surface area contributed by atoms with Crippen LogP contribution in [0.1, 0.15) is 17.3 Å². The van der Waals surface area contributed by atoms with Gasteiger partial charge >= 0.3 is 0 Å². The third-order valence-electron chi connectivity index (χ3n) is 1.82. The molecule has 0 radical (unpaired) electrons. The molecule has 76 valence electrons. The maximum absolute atomic E-state index is 11.3. The van der Waals surface area contributed by atoms with E-state index in [0.29, 0.717) is 6.54 Å². The average molecular weight is 196 g/mol. The highest BCUT2D eigenvalue weighted by Crippen LogP contribution is 2.09. The summed E-state index contributed by atoms with van der Waals surface area (Å²) in [6.07, 6.45) is 1.44. The average Bonchev–Trinajstić information content (AvgIpc) is 2.15. The van der Waals surface area contributed by atoms with Crippen molar-refractivity contribution in [3.8, 4) is 5.75 Å². The van der Waals surface area contributed by atoms with Gasteiger partial charge in [-0.25, -0.2) is 0 Å². The molecule has 1 aromatic heterocycles. The van der Waals surface area contributed by atoms with E-state index >= 15 is 0 Å². The number of aromatic nitrogens is 1. The minimum absolute atomic E-state index is 0.00921. The SMILES string of the molecule is CCNC(=O)c1ccn(C)c(=O)c1O. The molecule has 0 aliphatic rings. The molecule has 0 unspecified atom stereocenters. The Kier molecular flexibility index (Phi) is 2.91. The van der Waals surface area contributed by atoms with Crippen molar-refractivity contribution in [2.45, 2.75) is 6.92 Å². The number of rotatable bonds is 2. The van der Waals surface area contributed by atoms with Gasteiger partial charge in [0.15, 0.2) is 5.75 Å². The van der Waals surface area contributed by atoms with E-state index in [0.717, 1.165) is 0 Å². The lowest BCUT2D eigenvalue weighted by molar-refractivity contribution is 0.0952. The fraction of sp³-hybridized carbons (Fsp3) is 0.333. The summed E-state index contributed by atoms with van der Waals surface area (Å²) in [6, 6.07) is 1.40. The standard InChI is InChI=1S/C9H12N2O3/c1-3-10-8(13)6-4-5-11(2)9(14)7(6)12/h4-5,12H,3H2,1-2H3,(H,10,13). The van der Waals surface area contributed by atoms with Gasteiger partial charge in [0.05, 0.1) is 5.56 Å². The number of amides is 1. The van der Waals surface area contributed by atoms with Crippen molar-refractivity contribution in [2.24, 2.45) is 7.05 Å². The Morgan fingerprint density at radius 3 is 2.86 bits per heavy atom. The summed E-state index contributed by atoms with van der Waals surface area (Å²) < 4.78 is 1.21. The largest absolute Gasteiger partial charge is 0.502 e. The van der Waals surface area contributed by atoms with Crippen molar-refractivity contribution in [1.82, 2.24) is 9.88 Å². The monoisotopic (exact) mass is 196 g/mol. The van der Waals surface area contributed by atoms with E-state index in [-0.39, 0.29) is 5.56 Å². The van der Waals surface area contributed by atoms with Gasteiger partial charge < -0.3 is 15.0 Å². The summed E-state index contributed by atoms with van der Waals surface area (Å²) in [4.78, 5) is 22.5. The van der Waals surface area contributed by atoms with Crippen molar-refractivity contribution in [3.05, 3.63) is 28.2 Å². The smallest absolute Gasteiger partial charge is 0.293 e. The minimum Gasteiger partial charge on any atom is -0.502 e. The van der Waals surface area contributed by atoms with Gasteiger partial charge in [0.25, 0.3) is 11.5 Å². The second-order valence-electron chi connectivity index (χ2n) is 2.85. The van der Waals surface area contributed by atoms with Gasteiger partial charge in [-0.05, 0) is 13.0 Å². The highest BCUT2D eigenvalue weighted by atomic mass is 16.3. The van der Waals surface area contributed by atoms with Crippen LogP contribution in [0.4, 0.5) is 0 Å². The predicted octanol–water partition coefficient (Wildman–Crippen LogP) is -0.159. The number of aromatic hydroxyl groups is 1. The fourth-order valence-corrected chi connectivity index (χ4v) is 1.05. The molecule has 0 spiro atoms. The van der Waals surface area contributed by atoms with Crippen LogP contribution in [0.2, 0.25) is 0 Å². The summed E-state index contributed by atoms with van der Waals surface area (Å²) >= 11 is 0. The Labute approximate surface area is 81.0 Å². The zero-order chi connectivity index (χ0) is 10.7. The highest BCUT2D eigenvalue weighted by molar-refractivity contribution is 5.96. The summed E-state index contributed by atoms with van der Waals surface area (Å²) in [5, 5.41) is 11.9. The Bertz CT molecular complexity index is 409. The first-order chi connectivity index (χ1) is 6.57. The van der Waals surface area contributed by atoms with E-state index in [1.54, 1.807) is 6.92 Å². The van der Waals surface area contributed by atoms with Crippen LogP contribution in [0, 0.1) is 0 Å². The number of hydrogen-bond acceptors (Lipinski definition) is 3. The van der Waals surface area contributed by atoms with Gasteiger partial charge in [-0.3, -0.25) is 9.59 Å². The van der Waals surface area contributed by atoms with Gasteiger partial charge in [0.2, 0.25) is 0 Å². The number of nitrogens with one attached hydrogen (secondary N) is 1. The van der Waals surface area contributed by atoms with E-state index in [1.807, 2.05) is 0 Å². The first kappa shape index (κ1) is 10.3. The van der Waals surface area contributed by atoms with Crippen LogP contribution < -0.4 is 10.9 Å². The molecule has 0 aliphatic carbocycles. The number of carbonyl (C=O) groups is 1. The molecule has 5 heteroatoms. The second-order valence-corrected chi connectivity index (χ2v) is 2.85. The van der Waals surface area contributed by atoms with Crippen molar-refractivity contribution in [2.75, 3.05) is 6.54 Å². The Morgan fingerprint density at radius 2 is 2.29 bits per heavy atom. The molecule has 0 bridgehead atoms. The molecular formula is C9H12N2O3. The second kappa shape index (κ2) is 3.95. The van der Waals surface area contributed by atoms with Gasteiger partial charge in [0, 0.05) is 19.8 Å². The van der Waals surface area contributed by atoms with Crippen LogP contribution in [0.25, 0.3) is 0 Å². The van der Waals surface area contributed by atoms with Gasteiger partial charge in [-0.2, -0.15) is 0 Å². The molecule has 0 aliphatic heterocycles. The van der Waals surface area contributed by atoms with E-state index < -0.39 is 17.2 Å². The normalized spacial score (nSPS) is 9.86. The fourth-order valence-electron chi connectivity index (χ4n) is 1.05. The van der Waals surface area contributed by atoms with Crippen molar-refractivity contribution in [1.29, 1.82) is 0 Å². The molecule has 1 amide bonds. The molecule has 0 saturated heterocycles. The molecule has 0 aromatic carbocycles. The van der Waals surface area contributed by atoms with E-state index in [4.69, 9.17) is 0 Å². The van der Waals surface area contributed by atoms with Crippen LogP contribution in [0.15, 0.2) is 17.1 Å². The van der Waals surface area contributed by atoms with Crippen LogP contribution in [0.3, 0.4) is 0 Å². The Hall–Kier alpha value is -1.78. The lowest BCUT2D eigenvalue weighted by Gasteiger charge is -2.05. The molecule has 1 aromatic rings. The molecule has 1 rings (SSSR count). The van der Waals surface area contributed by atoms with Gasteiger partial charge in [-0.15, -0.1) is 0 Å². The zero-order valence-corrected chi connectivity index (χ0v) is 8.07. The summed E-state index contributed by atoms with van der Waals surface area (Å²) in [6.45, 7) is 2.21. The van der Waals surface area contributed by atoms with Crippen LogP contribution in [-0.4, -0.2) is 22.1 Å². The summed E-state index contributed by atoms with van der Waals surface area (Å²) in [5.41, 5.74) is -0.566. The lowest BCUT2D eigenvalue weighted by Crippen LogP contribution is -2.26. The van der Waals surface area contributed by atoms with E-state index in [1.165, 1.54) is 23.9 Å². The third-order valence-corrected chi connectivity index (χ3v) is 1.82. The third kappa shape index (κ3) is 1.76. The van der Waals surface area contributed by atoms with Gasteiger partial charge in [0.1, 0.15) is 0 Å². The van der Waals surface area contributed by atoms with Crippen molar-refractivity contribution >= 4 is 5.91 Å². The predicted molar refractivity (Wildman–Crippen MR) is 51.4 cm³/mol. The number of pyridine rings is 1. The Balaban J connectivity index is 3.18. The summed E-state index contributed by atoms with van der Waals surface area (Å²) in [7, 11) is 1.50. The number of carbonyl (C=O) groups excluding carboxylic acids is 1. The lowest BCUT2D eigenvalue weighted by atomic mass is 10.2. The van der Waals surface area contributed by atoms with E-state index in [9.17, 15) is 14.7 Å². The molecule has 0 saturated carbocycles. The van der Waals surface area contributed by atoms with Crippen LogP contribution in [0.5, 0.6) is 5.75 Å². The molecule has 0 fully saturated rings. The van der Waals surface area contributed by atoms with Gasteiger partial charge in [-0.1, -0.05) is 0 Å². The molecule has 1 heterocycles.